The van der Waals surface area contributed by atoms with Crippen LogP contribution in [0.15, 0.2) is 0 Å². The highest BCUT2D eigenvalue weighted by atomic mass is 16.5. The summed E-state index contributed by atoms with van der Waals surface area (Å²) >= 11 is 0. The molecular formula is C11H22O. The highest BCUT2D eigenvalue weighted by Crippen LogP contribution is 2.48. The van der Waals surface area contributed by atoms with Gasteiger partial charge in [0.1, 0.15) is 0 Å². The lowest BCUT2D eigenvalue weighted by Gasteiger charge is -2.37. The summed E-state index contributed by atoms with van der Waals surface area (Å²) in [5, 5.41) is 0. The lowest BCUT2D eigenvalue weighted by Crippen LogP contribution is -2.35. The van der Waals surface area contributed by atoms with Crippen LogP contribution in [0.1, 0.15) is 46.5 Å². The second-order valence-electron chi connectivity index (χ2n) is 4.36. The van der Waals surface area contributed by atoms with Gasteiger partial charge in [-0.1, -0.05) is 27.2 Å². The van der Waals surface area contributed by atoms with Crippen LogP contribution in [-0.2, 0) is 4.74 Å². The van der Waals surface area contributed by atoms with E-state index in [4.69, 9.17) is 4.74 Å². The lowest BCUT2D eigenvalue weighted by molar-refractivity contribution is -0.0199. The Hall–Kier alpha value is -0.0400. The van der Waals surface area contributed by atoms with Crippen LogP contribution in [0, 0.1) is 11.3 Å². The van der Waals surface area contributed by atoms with Crippen molar-refractivity contribution < 1.29 is 4.74 Å². The molecule has 0 radical (unpaired) electrons. The van der Waals surface area contributed by atoms with Crippen LogP contribution in [0.25, 0.3) is 0 Å². The Labute approximate surface area is 76.5 Å². The number of hydrogen-bond donors (Lipinski definition) is 0. The van der Waals surface area contributed by atoms with Crippen LogP contribution in [0.2, 0.25) is 0 Å². The number of ether oxygens (including phenoxy) is 1. The molecule has 0 aromatic carbocycles. The Morgan fingerprint density at radius 3 is 2.50 bits per heavy atom. The summed E-state index contributed by atoms with van der Waals surface area (Å²) in [7, 11) is 1.86. The van der Waals surface area contributed by atoms with Gasteiger partial charge in [-0.2, -0.15) is 0 Å². The van der Waals surface area contributed by atoms with Gasteiger partial charge in [0, 0.05) is 7.11 Å². The summed E-state index contributed by atoms with van der Waals surface area (Å²) < 4.78 is 5.58. The van der Waals surface area contributed by atoms with Crippen molar-refractivity contribution in [1.29, 1.82) is 0 Å². The van der Waals surface area contributed by atoms with E-state index in [-0.39, 0.29) is 0 Å². The maximum absolute atomic E-state index is 5.58. The van der Waals surface area contributed by atoms with E-state index < -0.39 is 0 Å². The van der Waals surface area contributed by atoms with Crippen LogP contribution in [0.4, 0.5) is 0 Å². The number of rotatable bonds is 3. The van der Waals surface area contributed by atoms with Crippen molar-refractivity contribution in [3.05, 3.63) is 0 Å². The zero-order chi connectivity index (χ0) is 9.19. The van der Waals surface area contributed by atoms with Gasteiger partial charge in [0.15, 0.2) is 0 Å². The summed E-state index contributed by atoms with van der Waals surface area (Å²) in [5.41, 5.74) is 0.481. The molecular weight excluding hydrogens is 148 g/mol. The smallest absolute Gasteiger partial charge is 0.0629 e. The molecule has 0 heterocycles. The first kappa shape index (κ1) is 10.0. The summed E-state index contributed by atoms with van der Waals surface area (Å²) in [6, 6.07) is 0. The Bertz CT molecular complexity index is 142. The van der Waals surface area contributed by atoms with Crippen molar-refractivity contribution in [3.8, 4) is 0 Å². The van der Waals surface area contributed by atoms with E-state index in [9.17, 15) is 0 Å². The van der Waals surface area contributed by atoms with Crippen molar-refractivity contribution in [3.63, 3.8) is 0 Å². The Balaban J connectivity index is 2.75. The van der Waals surface area contributed by atoms with Gasteiger partial charge in [0.2, 0.25) is 0 Å². The molecule has 1 nitrogen and oxygen atoms in total. The number of methoxy groups -OCH3 is 1. The molecule has 12 heavy (non-hydrogen) atoms. The van der Waals surface area contributed by atoms with E-state index in [1.54, 1.807) is 0 Å². The number of hydrogen-bond acceptors (Lipinski definition) is 1. The van der Waals surface area contributed by atoms with Crippen molar-refractivity contribution in [1.82, 2.24) is 0 Å². The average molecular weight is 170 g/mol. The highest BCUT2D eigenvalue weighted by molar-refractivity contribution is 4.94. The van der Waals surface area contributed by atoms with Crippen LogP contribution in [0.5, 0.6) is 0 Å². The Morgan fingerprint density at radius 1 is 1.50 bits per heavy atom. The van der Waals surface area contributed by atoms with E-state index in [2.05, 4.69) is 20.8 Å². The normalized spacial score (nSPS) is 36.2. The first-order valence-electron chi connectivity index (χ1n) is 5.20. The van der Waals surface area contributed by atoms with Gasteiger partial charge < -0.3 is 4.74 Å². The second-order valence-corrected chi connectivity index (χ2v) is 4.36. The molecule has 0 aliphatic heterocycles. The highest BCUT2D eigenvalue weighted by Gasteiger charge is 2.43. The van der Waals surface area contributed by atoms with Crippen molar-refractivity contribution in [2.45, 2.75) is 52.6 Å². The predicted molar refractivity (Wildman–Crippen MR) is 52.2 cm³/mol. The van der Waals surface area contributed by atoms with Crippen LogP contribution in [0.3, 0.4) is 0 Å². The third-order valence-corrected chi connectivity index (χ3v) is 3.84. The standard InChI is InChI=1S/C11H22O/c1-5-11(9(2)3)8-6-7-10(11)12-4/h9-10H,5-8H2,1-4H3. The fraction of sp³-hybridized carbons (Fsp3) is 1.00. The molecule has 0 saturated heterocycles. The molecule has 1 aliphatic rings. The molecule has 1 aliphatic carbocycles. The predicted octanol–water partition coefficient (Wildman–Crippen LogP) is 3.24. The van der Waals surface area contributed by atoms with E-state index in [1.807, 2.05) is 7.11 Å². The molecule has 0 aromatic rings. The molecule has 1 heteroatoms. The Morgan fingerprint density at radius 2 is 2.17 bits per heavy atom. The van der Waals surface area contributed by atoms with Gasteiger partial charge in [0.25, 0.3) is 0 Å². The zero-order valence-corrected chi connectivity index (χ0v) is 8.89. The molecule has 1 fully saturated rings. The third kappa shape index (κ3) is 1.39. The van der Waals surface area contributed by atoms with E-state index in [0.29, 0.717) is 11.5 Å². The molecule has 2 unspecified atom stereocenters. The van der Waals surface area contributed by atoms with Gasteiger partial charge in [-0.05, 0) is 30.6 Å². The SMILES string of the molecule is CCC1(C(C)C)CCCC1OC. The average Bonchev–Trinajstić information content (AvgIpc) is 2.47. The fourth-order valence-electron chi connectivity index (χ4n) is 2.89. The second kappa shape index (κ2) is 3.78. The lowest BCUT2D eigenvalue weighted by atomic mass is 9.72. The van der Waals surface area contributed by atoms with Gasteiger partial charge in [-0.3, -0.25) is 0 Å². The van der Waals surface area contributed by atoms with Gasteiger partial charge in [0.05, 0.1) is 6.10 Å². The molecule has 1 rings (SSSR count). The van der Waals surface area contributed by atoms with E-state index in [1.165, 1.54) is 25.7 Å². The van der Waals surface area contributed by atoms with Gasteiger partial charge >= 0.3 is 0 Å². The molecule has 2 atom stereocenters. The maximum Gasteiger partial charge on any atom is 0.0629 e. The minimum atomic E-state index is 0.481. The molecule has 0 amide bonds. The minimum absolute atomic E-state index is 0.481. The third-order valence-electron chi connectivity index (χ3n) is 3.84. The summed E-state index contributed by atoms with van der Waals surface area (Å²) in [5.74, 6) is 0.759. The maximum atomic E-state index is 5.58. The van der Waals surface area contributed by atoms with Crippen LogP contribution in [-0.4, -0.2) is 13.2 Å². The molecule has 72 valence electrons. The van der Waals surface area contributed by atoms with Crippen molar-refractivity contribution in [2.75, 3.05) is 7.11 Å². The van der Waals surface area contributed by atoms with Crippen molar-refractivity contribution in [2.24, 2.45) is 11.3 Å². The largest absolute Gasteiger partial charge is 0.381 e. The quantitative estimate of drug-likeness (QED) is 0.632. The summed E-state index contributed by atoms with van der Waals surface area (Å²) in [6.07, 6.45) is 5.76. The molecule has 0 aromatic heterocycles. The van der Waals surface area contributed by atoms with Gasteiger partial charge in [-0.15, -0.1) is 0 Å². The zero-order valence-electron chi connectivity index (χ0n) is 8.89. The molecule has 0 spiro atoms. The van der Waals surface area contributed by atoms with E-state index >= 15 is 0 Å². The molecule has 0 N–H and O–H groups in total. The molecule has 0 bridgehead atoms. The van der Waals surface area contributed by atoms with Gasteiger partial charge in [-0.25, -0.2) is 0 Å². The first-order valence-corrected chi connectivity index (χ1v) is 5.20. The van der Waals surface area contributed by atoms with Crippen LogP contribution < -0.4 is 0 Å². The molecule has 1 saturated carbocycles. The topological polar surface area (TPSA) is 9.23 Å². The summed E-state index contributed by atoms with van der Waals surface area (Å²) in [4.78, 5) is 0. The monoisotopic (exact) mass is 170 g/mol. The summed E-state index contributed by atoms with van der Waals surface area (Å²) in [6.45, 7) is 6.97. The first-order chi connectivity index (χ1) is 5.67. The van der Waals surface area contributed by atoms with Crippen LogP contribution >= 0.6 is 0 Å². The minimum Gasteiger partial charge on any atom is -0.381 e. The fourth-order valence-corrected chi connectivity index (χ4v) is 2.89. The van der Waals surface area contributed by atoms with Crippen molar-refractivity contribution >= 4 is 0 Å². The Kier molecular flexibility index (Phi) is 3.16. The van der Waals surface area contributed by atoms with E-state index in [0.717, 1.165) is 5.92 Å².